The first kappa shape index (κ1) is 13.3. The molecule has 5 heteroatoms. The zero-order chi connectivity index (χ0) is 12.0. The maximum absolute atomic E-state index is 11.4. The number of ether oxygens (including phenoxy) is 1. The van der Waals surface area contributed by atoms with E-state index in [0.29, 0.717) is 19.6 Å². The van der Waals surface area contributed by atoms with Crippen LogP contribution in [0.15, 0.2) is 0 Å². The van der Waals surface area contributed by atoms with Crippen LogP contribution < -0.4 is 10.6 Å². The summed E-state index contributed by atoms with van der Waals surface area (Å²) in [6, 6.07) is -0.0403. The Bertz CT molecular complexity index is 215. The molecule has 2 atom stereocenters. The first-order valence-corrected chi connectivity index (χ1v) is 5.89. The molecule has 1 rings (SSSR count). The number of aliphatic hydroxyl groups excluding tert-OH is 1. The molecule has 1 fully saturated rings. The number of hydrogen-bond donors (Lipinski definition) is 3. The molecule has 0 bridgehead atoms. The molecule has 1 heterocycles. The smallest absolute Gasteiger partial charge is 0.315 e. The van der Waals surface area contributed by atoms with E-state index in [1.807, 2.05) is 13.8 Å². The van der Waals surface area contributed by atoms with Crippen molar-refractivity contribution >= 4 is 6.03 Å². The van der Waals surface area contributed by atoms with Crippen LogP contribution in [0, 0.1) is 5.92 Å². The maximum atomic E-state index is 11.4. The Hall–Kier alpha value is -0.810. The third kappa shape index (κ3) is 4.81. The normalized spacial score (nSPS) is 22.1. The SMILES string of the molecule is CC(C)C(O)CCNC(=O)NC1CCOC1. The van der Waals surface area contributed by atoms with Crippen LogP contribution in [0.3, 0.4) is 0 Å². The molecule has 0 aliphatic carbocycles. The molecular weight excluding hydrogens is 208 g/mol. The van der Waals surface area contributed by atoms with Crippen LogP contribution in [-0.4, -0.2) is 43.0 Å². The minimum atomic E-state index is -0.352. The maximum Gasteiger partial charge on any atom is 0.315 e. The highest BCUT2D eigenvalue weighted by atomic mass is 16.5. The largest absolute Gasteiger partial charge is 0.393 e. The van der Waals surface area contributed by atoms with Crippen molar-refractivity contribution in [2.75, 3.05) is 19.8 Å². The summed E-state index contributed by atoms with van der Waals surface area (Å²) in [5.41, 5.74) is 0. The molecule has 1 saturated heterocycles. The molecule has 1 aliphatic rings. The number of aliphatic hydroxyl groups is 1. The first-order chi connectivity index (χ1) is 7.59. The average Bonchev–Trinajstić information content (AvgIpc) is 2.70. The fraction of sp³-hybridized carbons (Fsp3) is 0.909. The first-order valence-electron chi connectivity index (χ1n) is 5.89. The lowest BCUT2D eigenvalue weighted by Gasteiger charge is -2.15. The predicted octanol–water partition coefficient (Wildman–Crippen LogP) is 0.481. The van der Waals surface area contributed by atoms with Crippen molar-refractivity contribution in [2.24, 2.45) is 5.92 Å². The topological polar surface area (TPSA) is 70.6 Å². The third-order valence-corrected chi connectivity index (χ3v) is 2.76. The fourth-order valence-corrected chi connectivity index (χ4v) is 1.55. The van der Waals surface area contributed by atoms with Crippen LogP contribution in [0.2, 0.25) is 0 Å². The zero-order valence-electron chi connectivity index (χ0n) is 10.0. The number of hydrogen-bond acceptors (Lipinski definition) is 3. The van der Waals surface area contributed by atoms with Gasteiger partial charge in [-0.3, -0.25) is 0 Å². The van der Waals surface area contributed by atoms with E-state index < -0.39 is 0 Å². The highest BCUT2D eigenvalue weighted by Gasteiger charge is 2.17. The van der Waals surface area contributed by atoms with Crippen molar-refractivity contribution in [3.05, 3.63) is 0 Å². The Morgan fingerprint density at radius 3 is 2.88 bits per heavy atom. The second kappa shape index (κ2) is 6.70. The number of rotatable bonds is 5. The predicted molar refractivity (Wildman–Crippen MR) is 61.2 cm³/mol. The summed E-state index contributed by atoms with van der Waals surface area (Å²) in [7, 11) is 0. The van der Waals surface area contributed by atoms with Gasteiger partial charge in [0, 0.05) is 13.2 Å². The van der Waals surface area contributed by atoms with Crippen LogP contribution in [0.4, 0.5) is 4.79 Å². The second-order valence-corrected chi connectivity index (χ2v) is 4.56. The van der Waals surface area contributed by atoms with Crippen LogP contribution in [-0.2, 0) is 4.74 Å². The second-order valence-electron chi connectivity index (χ2n) is 4.56. The number of amides is 2. The molecule has 0 spiro atoms. The van der Waals surface area contributed by atoms with Crippen LogP contribution in [0.25, 0.3) is 0 Å². The number of carbonyl (C=O) groups is 1. The molecule has 2 unspecified atom stereocenters. The molecule has 0 aromatic heterocycles. The Balaban J connectivity index is 2.05. The number of carbonyl (C=O) groups excluding carboxylic acids is 1. The highest BCUT2D eigenvalue weighted by molar-refractivity contribution is 5.74. The molecule has 1 aliphatic heterocycles. The molecule has 3 N–H and O–H groups in total. The third-order valence-electron chi connectivity index (χ3n) is 2.76. The van der Waals surface area contributed by atoms with Crippen LogP contribution >= 0.6 is 0 Å². The Kier molecular flexibility index (Phi) is 5.55. The van der Waals surface area contributed by atoms with Crippen molar-refractivity contribution < 1.29 is 14.6 Å². The lowest BCUT2D eigenvalue weighted by Crippen LogP contribution is -2.43. The summed E-state index contributed by atoms with van der Waals surface area (Å²) in [6.45, 7) is 5.74. The molecule has 2 amide bonds. The van der Waals surface area contributed by atoms with Crippen molar-refractivity contribution in [1.82, 2.24) is 10.6 Å². The van der Waals surface area contributed by atoms with Gasteiger partial charge in [0.15, 0.2) is 0 Å². The molecule has 0 aromatic carbocycles. The van der Waals surface area contributed by atoms with E-state index in [1.165, 1.54) is 0 Å². The van der Waals surface area contributed by atoms with Gasteiger partial charge in [0.05, 0.1) is 18.8 Å². The van der Waals surface area contributed by atoms with E-state index in [4.69, 9.17) is 4.74 Å². The van der Waals surface area contributed by atoms with E-state index in [1.54, 1.807) is 0 Å². The molecule has 0 aromatic rings. The van der Waals surface area contributed by atoms with Crippen molar-refractivity contribution in [1.29, 1.82) is 0 Å². The molecular formula is C11H22N2O3. The molecule has 94 valence electrons. The molecule has 5 nitrogen and oxygen atoms in total. The minimum Gasteiger partial charge on any atom is -0.393 e. The van der Waals surface area contributed by atoms with E-state index in [-0.39, 0.29) is 24.1 Å². The van der Waals surface area contributed by atoms with Gasteiger partial charge in [0.2, 0.25) is 0 Å². The van der Waals surface area contributed by atoms with Gasteiger partial charge in [-0.15, -0.1) is 0 Å². The van der Waals surface area contributed by atoms with E-state index in [0.717, 1.165) is 13.0 Å². The minimum absolute atomic E-state index is 0.134. The zero-order valence-corrected chi connectivity index (χ0v) is 10.0. The van der Waals surface area contributed by atoms with Crippen LogP contribution in [0.1, 0.15) is 26.7 Å². The molecule has 0 saturated carbocycles. The van der Waals surface area contributed by atoms with Crippen molar-refractivity contribution in [3.63, 3.8) is 0 Å². The van der Waals surface area contributed by atoms with Gasteiger partial charge in [-0.2, -0.15) is 0 Å². The van der Waals surface area contributed by atoms with Gasteiger partial charge < -0.3 is 20.5 Å². The van der Waals surface area contributed by atoms with Gasteiger partial charge in [-0.1, -0.05) is 13.8 Å². The molecule has 0 radical (unpaired) electrons. The summed E-state index contributed by atoms with van der Waals surface area (Å²) in [4.78, 5) is 11.4. The Labute approximate surface area is 96.6 Å². The van der Waals surface area contributed by atoms with Gasteiger partial charge >= 0.3 is 6.03 Å². The quantitative estimate of drug-likeness (QED) is 0.643. The summed E-state index contributed by atoms with van der Waals surface area (Å²) in [5, 5.41) is 15.1. The van der Waals surface area contributed by atoms with E-state index in [9.17, 15) is 9.90 Å². The van der Waals surface area contributed by atoms with Gasteiger partial charge in [0.1, 0.15) is 0 Å². The van der Waals surface area contributed by atoms with Gasteiger partial charge in [0.25, 0.3) is 0 Å². The Morgan fingerprint density at radius 2 is 2.31 bits per heavy atom. The van der Waals surface area contributed by atoms with Gasteiger partial charge in [-0.05, 0) is 18.8 Å². The lowest BCUT2D eigenvalue weighted by atomic mass is 10.0. The van der Waals surface area contributed by atoms with E-state index >= 15 is 0 Å². The monoisotopic (exact) mass is 230 g/mol. The molecule has 16 heavy (non-hydrogen) atoms. The number of urea groups is 1. The van der Waals surface area contributed by atoms with Crippen molar-refractivity contribution in [3.8, 4) is 0 Å². The summed E-state index contributed by atoms with van der Waals surface area (Å²) >= 11 is 0. The Morgan fingerprint density at radius 1 is 1.56 bits per heavy atom. The summed E-state index contributed by atoms with van der Waals surface area (Å²) in [5.74, 6) is 0.230. The summed E-state index contributed by atoms with van der Waals surface area (Å²) < 4.78 is 5.15. The highest BCUT2D eigenvalue weighted by Crippen LogP contribution is 2.04. The average molecular weight is 230 g/mol. The summed E-state index contributed by atoms with van der Waals surface area (Å²) in [6.07, 6.45) is 1.11. The standard InChI is InChI=1S/C11H22N2O3/c1-8(2)10(14)3-5-12-11(15)13-9-4-6-16-7-9/h8-10,14H,3-7H2,1-2H3,(H2,12,13,15). The number of nitrogens with one attached hydrogen (secondary N) is 2. The van der Waals surface area contributed by atoms with Crippen LogP contribution in [0.5, 0.6) is 0 Å². The van der Waals surface area contributed by atoms with Gasteiger partial charge in [-0.25, -0.2) is 4.79 Å². The van der Waals surface area contributed by atoms with E-state index in [2.05, 4.69) is 10.6 Å². The lowest BCUT2D eigenvalue weighted by molar-refractivity contribution is 0.116. The van der Waals surface area contributed by atoms with Crippen molar-refractivity contribution in [2.45, 2.75) is 38.8 Å². The fourth-order valence-electron chi connectivity index (χ4n) is 1.55.